The highest BCUT2D eigenvalue weighted by Gasteiger charge is 2.40. The van der Waals surface area contributed by atoms with E-state index in [9.17, 15) is 19.0 Å². The fourth-order valence-electron chi connectivity index (χ4n) is 4.81. The number of ether oxygens (including phenoxy) is 2. The maximum atomic E-state index is 14.8. The molecule has 0 aliphatic carbocycles. The lowest BCUT2D eigenvalue weighted by atomic mass is 9.83. The van der Waals surface area contributed by atoms with Crippen LogP contribution in [-0.4, -0.2) is 40.9 Å². The zero-order valence-electron chi connectivity index (χ0n) is 18.7. The number of halogens is 2. The van der Waals surface area contributed by atoms with E-state index in [1.807, 2.05) is 30.3 Å². The zero-order valence-corrected chi connectivity index (χ0v) is 18.7. The van der Waals surface area contributed by atoms with Gasteiger partial charge in [-0.1, -0.05) is 42.5 Å². The summed E-state index contributed by atoms with van der Waals surface area (Å²) in [7, 11) is 0. The van der Waals surface area contributed by atoms with Gasteiger partial charge in [0.05, 0.1) is 11.6 Å². The minimum absolute atomic E-state index is 0.0792. The van der Waals surface area contributed by atoms with E-state index in [0.29, 0.717) is 42.8 Å². The van der Waals surface area contributed by atoms with E-state index in [-0.39, 0.29) is 30.8 Å². The molecule has 0 saturated carbocycles. The van der Waals surface area contributed by atoms with Crippen LogP contribution in [0.3, 0.4) is 0 Å². The van der Waals surface area contributed by atoms with Gasteiger partial charge in [0.25, 0.3) is 0 Å². The SMILES string of the molecule is O[C@H]1c2cc(F)c(OCc3ccccc3)cc2OC[C@H]1N1CCC(O)(c2ccc(F)cc2)CC1. The first-order valence-electron chi connectivity index (χ1n) is 11.5. The monoisotopic (exact) mass is 467 g/mol. The fourth-order valence-corrected chi connectivity index (χ4v) is 4.81. The molecule has 178 valence electrons. The number of hydrogen-bond acceptors (Lipinski definition) is 5. The Balaban J connectivity index is 1.26. The number of fused-ring (bicyclic) bond motifs is 1. The summed E-state index contributed by atoms with van der Waals surface area (Å²) in [6.07, 6.45) is -0.0524. The van der Waals surface area contributed by atoms with Gasteiger partial charge in [-0.2, -0.15) is 0 Å². The van der Waals surface area contributed by atoms with Crippen molar-refractivity contribution in [3.63, 3.8) is 0 Å². The highest BCUT2D eigenvalue weighted by atomic mass is 19.1. The van der Waals surface area contributed by atoms with Crippen LogP contribution in [0.5, 0.6) is 11.5 Å². The summed E-state index contributed by atoms with van der Waals surface area (Å²) in [5.41, 5.74) is 0.954. The summed E-state index contributed by atoms with van der Waals surface area (Å²) in [6, 6.07) is 17.8. The van der Waals surface area contributed by atoms with Crippen molar-refractivity contribution in [2.45, 2.75) is 37.2 Å². The second kappa shape index (κ2) is 9.33. The molecule has 0 unspecified atom stereocenters. The molecule has 0 spiro atoms. The summed E-state index contributed by atoms with van der Waals surface area (Å²) in [6.45, 7) is 1.52. The summed E-state index contributed by atoms with van der Waals surface area (Å²) in [5, 5.41) is 22.1. The predicted octanol–water partition coefficient (Wildman–Crippen LogP) is 4.32. The van der Waals surface area contributed by atoms with Crippen LogP contribution >= 0.6 is 0 Å². The van der Waals surface area contributed by atoms with Gasteiger partial charge in [0, 0.05) is 24.7 Å². The molecule has 7 heteroatoms. The molecule has 5 nitrogen and oxygen atoms in total. The maximum absolute atomic E-state index is 14.8. The Kier molecular flexibility index (Phi) is 6.25. The van der Waals surface area contributed by atoms with E-state index in [1.165, 1.54) is 24.3 Å². The molecule has 5 rings (SSSR count). The standard InChI is InChI=1S/C27H27F2NO4/c28-20-8-6-19(7-9-20)27(32)10-12-30(13-11-27)23-17-34-24-15-25(22(29)14-21(24)26(23)31)33-16-18-4-2-1-3-5-18/h1-9,14-15,23,26,31-32H,10-13,16-17H2/t23-,26+/m1/s1. The predicted molar refractivity (Wildman–Crippen MR) is 123 cm³/mol. The Bertz CT molecular complexity index is 1130. The van der Waals surface area contributed by atoms with Gasteiger partial charge in [-0.05, 0) is 42.2 Å². The fraction of sp³-hybridized carbons (Fsp3) is 0.333. The van der Waals surface area contributed by atoms with Crippen molar-refractivity contribution >= 4 is 0 Å². The zero-order chi connectivity index (χ0) is 23.7. The molecule has 2 N–H and O–H groups in total. The molecule has 0 bridgehead atoms. The number of aliphatic hydroxyl groups is 2. The summed E-state index contributed by atoms with van der Waals surface area (Å²) >= 11 is 0. The van der Waals surface area contributed by atoms with E-state index in [0.717, 1.165) is 5.56 Å². The number of nitrogens with zero attached hydrogens (tertiary/aromatic N) is 1. The molecule has 1 saturated heterocycles. The van der Waals surface area contributed by atoms with Crippen LogP contribution in [0.2, 0.25) is 0 Å². The van der Waals surface area contributed by atoms with Crippen LogP contribution in [0.4, 0.5) is 8.78 Å². The first-order valence-corrected chi connectivity index (χ1v) is 11.5. The summed E-state index contributed by atoms with van der Waals surface area (Å²) in [5.74, 6) is -0.405. The minimum atomic E-state index is -1.04. The normalized spacial score (nSPS) is 22.0. The molecule has 34 heavy (non-hydrogen) atoms. The van der Waals surface area contributed by atoms with Crippen LogP contribution < -0.4 is 9.47 Å². The molecule has 3 aromatic carbocycles. The van der Waals surface area contributed by atoms with Gasteiger partial charge in [-0.25, -0.2) is 8.78 Å². The van der Waals surface area contributed by atoms with Crippen molar-refractivity contribution in [1.82, 2.24) is 4.90 Å². The van der Waals surface area contributed by atoms with Crippen molar-refractivity contribution in [3.8, 4) is 11.5 Å². The van der Waals surface area contributed by atoms with E-state index >= 15 is 0 Å². The molecule has 1 fully saturated rings. The average Bonchev–Trinajstić information content (AvgIpc) is 2.85. The summed E-state index contributed by atoms with van der Waals surface area (Å²) < 4.78 is 39.6. The second-order valence-electron chi connectivity index (χ2n) is 8.99. The Morgan fingerprint density at radius 2 is 1.71 bits per heavy atom. The number of likely N-dealkylation sites (tertiary alicyclic amines) is 1. The van der Waals surface area contributed by atoms with Crippen LogP contribution in [0.25, 0.3) is 0 Å². The van der Waals surface area contributed by atoms with Crippen molar-refractivity contribution in [3.05, 3.63) is 95.1 Å². The lowest BCUT2D eigenvalue weighted by molar-refractivity contribution is -0.0666. The van der Waals surface area contributed by atoms with Crippen LogP contribution in [0.15, 0.2) is 66.7 Å². The van der Waals surface area contributed by atoms with Crippen LogP contribution in [0, 0.1) is 11.6 Å². The topological polar surface area (TPSA) is 62.2 Å². The lowest BCUT2D eigenvalue weighted by Gasteiger charge is -2.44. The van der Waals surface area contributed by atoms with Gasteiger partial charge in [0.1, 0.15) is 30.9 Å². The van der Waals surface area contributed by atoms with E-state index in [4.69, 9.17) is 9.47 Å². The molecule has 3 aromatic rings. The van der Waals surface area contributed by atoms with Crippen molar-refractivity contribution in [2.75, 3.05) is 19.7 Å². The van der Waals surface area contributed by atoms with Gasteiger partial charge < -0.3 is 19.7 Å². The number of rotatable bonds is 5. The van der Waals surface area contributed by atoms with Crippen molar-refractivity contribution in [1.29, 1.82) is 0 Å². The largest absolute Gasteiger partial charge is 0.491 e. The molecular formula is C27H27F2NO4. The minimum Gasteiger partial charge on any atom is -0.491 e. The number of benzene rings is 3. The third-order valence-corrected chi connectivity index (χ3v) is 6.87. The third kappa shape index (κ3) is 4.51. The lowest BCUT2D eigenvalue weighted by Crippen LogP contribution is -2.52. The van der Waals surface area contributed by atoms with Crippen molar-refractivity contribution < 1.29 is 28.5 Å². The quantitative estimate of drug-likeness (QED) is 0.585. The molecule has 2 atom stereocenters. The first kappa shape index (κ1) is 22.8. The Morgan fingerprint density at radius 1 is 1.00 bits per heavy atom. The van der Waals surface area contributed by atoms with E-state index < -0.39 is 17.5 Å². The van der Waals surface area contributed by atoms with Gasteiger partial charge >= 0.3 is 0 Å². The third-order valence-electron chi connectivity index (χ3n) is 6.87. The van der Waals surface area contributed by atoms with Gasteiger partial charge in [0.15, 0.2) is 11.6 Å². The van der Waals surface area contributed by atoms with Gasteiger partial charge in [0.2, 0.25) is 0 Å². The number of aliphatic hydroxyl groups excluding tert-OH is 1. The number of piperidine rings is 1. The maximum Gasteiger partial charge on any atom is 0.165 e. The smallest absolute Gasteiger partial charge is 0.165 e. The highest BCUT2D eigenvalue weighted by molar-refractivity contribution is 5.45. The van der Waals surface area contributed by atoms with Crippen LogP contribution in [-0.2, 0) is 12.2 Å². The van der Waals surface area contributed by atoms with Crippen molar-refractivity contribution in [2.24, 2.45) is 0 Å². The van der Waals surface area contributed by atoms with E-state index in [1.54, 1.807) is 12.1 Å². The van der Waals surface area contributed by atoms with Gasteiger partial charge in [-0.3, -0.25) is 4.90 Å². The molecule has 2 heterocycles. The second-order valence-corrected chi connectivity index (χ2v) is 8.99. The molecular weight excluding hydrogens is 440 g/mol. The van der Waals surface area contributed by atoms with Gasteiger partial charge in [-0.15, -0.1) is 0 Å². The summed E-state index contributed by atoms with van der Waals surface area (Å²) in [4.78, 5) is 2.06. The molecule has 2 aliphatic rings. The van der Waals surface area contributed by atoms with Crippen LogP contribution in [0.1, 0.15) is 35.6 Å². The average molecular weight is 468 g/mol. The molecule has 0 amide bonds. The Hall–Kier alpha value is -3.00. The first-order chi connectivity index (χ1) is 16.4. The highest BCUT2D eigenvalue weighted by Crippen LogP contribution is 2.41. The Labute approximate surface area is 197 Å². The van der Waals surface area contributed by atoms with E-state index in [2.05, 4.69) is 4.90 Å². The molecule has 2 aliphatic heterocycles. The Morgan fingerprint density at radius 3 is 2.41 bits per heavy atom. The molecule has 0 aromatic heterocycles. The molecule has 0 radical (unpaired) electrons. The number of hydrogen-bond donors (Lipinski definition) is 2.